The SMILES string of the molecule is Cn1cc(C(=O)NCc2ccc(Cl)cc2)c(=O)c2cc(I)cc(F)c21. The molecule has 0 spiro atoms. The highest BCUT2D eigenvalue weighted by Crippen LogP contribution is 2.19. The molecule has 128 valence electrons. The first-order valence-electron chi connectivity index (χ1n) is 7.38. The molecule has 0 bridgehead atoms. The number of hydrogen-bond donors (Lipinski definition) is 1. The standard InChI is InChI=1S/C18H13ClFIN2O2/c1-23-9-14(17(24)13-6-12(21)7-15(20)16(13)23)18(25)22-8-10-2-4-11(19)5-3-10/h2-7,9H,8H2,1H3,(H,22,25). The average Bonchev–Trinajstić information content (AvgIpc) is 2.56. The van der Waals surface area contributed by atoms with Gasteiger partial charge in [-0.1, -0.05) is 23.7 Å². The largest absolute Gasteiger partial charge is 0.348 e. The van der Waals surface area contributed by atoms with Gasteiger partial charge in [0.15, 0.2) is 0 Å². The van der Waals surface area contributed by atoms with E-state index in [1.807, 2.05) is 22.6 Å². The number of hydrogen-bond acceptors (Lipinski definition) is 2. The van der Waals surface area contributed by atoms with Gasteiger partial charge in [0.1, 0.15) is 11.4 Å². The zero-order chi connectivity index (χ0) is 18.1. The molecule has 0 saturated heterocycles. The van der Waals surface area contributed by atoms with Crippen molar-refractivity contribution in [1.29, 1.82) is 0 Å². The highest BCUT2D eigenvalue weighted by Gasteiger charge is 2.17. The summed E-state index contributed by atoms with van der Waals surface area (Å²) < 4.78 is 16.2. The summed E-state index contributed by atoms with van der Waals surface area (Å²) in [6, 6.07) is 9.96. The Morgan fingerprint density at radius 3 is 2.64 bits per heavy atom. The molecule has 1 N–H and O–H groups in total. The minimum absolute atomic E-state index is 0.0228. The minimum atomic E-state index is -0.503. The van der Waals surface area contributed by atoms with Crippen LogP contribution in [-0.4, -0.2) is 10.5 Å². The molecular formula is C18H13ClFIN2O2. The van der Waals surface area contributed by atoms with Crippen LogP contribution in [0.15, 0.2) is 47.4 Å². The molecule has 0 aliphatic carbocycles. The number of pyridine rings is 1. The second kappa shape index (κ2) is 7.13. The first-order valence-corrected chi connectivity index (χ1v) is 8.83. The number of amides is 1. The predicted molar refractivity (Wildman–Crippen MR) is 104 cm³/mol. The van der Waals surface area contributed by atoms with Gasteiger partial charge in [-0.3, -0.25) is 9.59 Å². The molecule has 0 aliphatic heterocycles. The normalized spacial score (nSPS) is 10.9. The maximum Gasteiger partial charge on any atom is 0.257 e. The lowest BCUT2D eigenvalue weighted by Gasteiger charge is -2.11. The van der Waals surface area contributed by atoms with E-state index in [9.17, 15) is 14.0 Å². The number of nitrogens with zero attached hydrogens (tertiary/aromatic N) is 1. The third-order valence-electron chi connectivity index (χ3n) is 3.80. The Bertz CT molecular complexity index is 1030. The van der Waals surface area contributed by atoms with Gasteiger partial charge in [0.25, 0.3) is 5.91 Å². The first-order chi connectivity index (χ1) is 11.9. The van der Waals surface area contributed by atoms with Crippen LogP contribution in [0, 0.1) is 9.39 Å². The number of halogens is 3. The second-order valence-electron chi connectivity index (χ2n) is 5.58. The summed E-state index contributed by atoms with van der Waals surface area (Å²) in [6.07, 6.45) is 1.36. The molecule has 1 heterocycles. The Balaban J connectivity index is 1.95. The lowest BCUT2D eigenvalue weighted by Crippen LogP contribution is -2.29. The zero-order valence-electron chi connectivity index (χ0n) is 13.1. The van der Waals surface area contributed by atoms with Gasteiger partial charge in [-0.05, 0) is 52.4 Å². The quantitative estimate of drug-likeness (QED) is 0.591. The van der Waals surface area contributed by atoms with Crippen molar-refractivity contribution in [1.82, 2.24) is 9.88 Å². The van der Waals surface area contributed by atoms with Gasteiger partial charge in [0.05, 0.1) is 10.9 Å². The van der Waals surface area contributed by atoms with E-state index in [4.69, 9.17) is 11.6 Å². The molecular weight excluding hydrogens is 458 g/mol. The van der Waals surface area contributed by atoms with Gasteiger partial charge >= 0.3 is 0 Å². The van der Waals surface area contributed by atoms with E-state index >= 15 is 0 Å². The number of carbonyl (C=O) groups is 1. The number of aromatic nitrogens is 1. The zero-order valence-corrected chi connectivity index (χ0v) is 16.1. The van der Waals surface area contributed by atoms with Crippen molar-refractivity contribution in [2.45, 2.75) is 6.54 Å². The topological polar surface area (TPSA) is 51.1 Å². The molecule has 25 heavy (non-hydrogen) atoms. The van der Waals surface area contributed by atoms with E-state index in [1.165, 1.54) is 16.8 Å². The summed E-state index contributed by atoms with van der Waals surface area (Å²) in [7, 11) is 1.60. The van der Waals surface area contributed by atoms with E-state index in [1.54, 1.807) is 37.4 Å². The fraction of sp³-hybridized carbons (Fsp3) is 0.111. The van der Waals surface area contributed by atoms with Crippen LogP contribution in [0.4, 0.5) is 4.39 Å². The molecule has 7 heteroatoms. The second-order valence-corrected chi connectivity index (χ2v) is 7.26. The third-order valence-corrected chi connectivity index (χ3v) is 4.68. The van der Waals surface area contributed by atoms with Crippen molar-refractivity contribution in [2.75, 3.05) is 0 Å². The van der Waals surface area contributed by atoms with Crippen LogP contribution >= 0.6 is 34.2 Å². The lowest BCUT2D eigenvalue weighted by atomic mass is 10.1. The summed E-state index contributed by atoms with van der Waals surface area (Å²) >= 11 is 7.77. The smallest absolute Gasteiger partial charge is 0.257 e. The van der Waals surface area contributed by atoms with Crippen LogP contribution < -0.4 is 10.7 Å². The molecule has 3 aromatic rings. The number of nitrogens with one attached hydrogen (secondary N) is 1. The van der Waals surface area contributed by atoms with E-state index in [0.29, 0.717) is 8.59 Å². The molecule has 0 atom stereocenters. The lowest BCUT2D eigenvalue weighted by molar-refractivity contribution is 0.0949. The Morgan fingerprint density at radius 2 is 1.96 bits per heavy atom. The molecule has 0 fully saturated rings. The molecule has 4 nitrogen and oxygen atoms in total. The van der Waals surface area contributed by atoms with Crippen LogP contribution in [0.5, 0.6) is 0 Å². The highest BCUT2D eigenvalue weighted by molar-refractivity contribution is 14.1. The number of carbonyl (C=O) groups excluding carboxylic acids is 1. The summed E-state index contributed by atoms with van der Waals surface area (Å²) in [6.45, 7) is 0.262. The third kappa shape index (κ3) is 3.69. The molecule has 0 radical (unpaired) electrons. The number of benzene rings is 2. The summed E-state index contributed by atoms with van der Waals surface area (Å²) in [4.78, 5) is 25.0. The van der Waals surface area contributed by atoms with E-state index in [-0.39, 0.29) is 23.0 Å². The van der Waals surface area contributed by atoms with Crippen molar-refractivity contribution in [2.24, 2.45) is 7.05 Å². The monoisotopic (exact) mass is 470 g/mol. The molecule has 0 saturated carbocycles. The first kappa shape index (κ1) is 17.9. The van der Waals surface area contributed by atoms with Crippen LogP contribution in [-0.2, 0) is 13.6 Å². The molecule has 0 aliphatic rings. The number of rotatable bonds is 3. The van der Waals surface area contributed by atoms with Gasteiger partial charge in [0, 0.05) is 28.4 Å². The Morgan fingerprint density at radius 1 is 1.28 bits per heavy atom. The molecule has 1 amide bonds. The molecule has 0 unspecified atom stereocenters. The van der Waals surface area contributed by atoms with Gasteiger partial charge in [-0.2, -0.15) is 0 Å². The average molecular weight is 471 g/mol. The van der Waals surface area contributed by atoms with Crippen molar-refractivity contribution in [3.63, 3.8) is 0 Å². The maximum atomic E-state index is 14.1. The van der Waals surface area contributed by atoms with Crippen LogP contribution in [0.3, 0.4) is 0 Å². The molecule has 1 aromatic heterocycles. The van der Waals surface area contributed by atoms with Crippen LogP contribution in [0.1, 0.15) is 15.9 Å². The molecule has 2 aromatic carbocycles. The highest BCUT2D eigenvalue weighted by atomic mass is 127. The Hall–Kier alpha value is -1.93. The van der Waals surface area contributed by atoms with E-state index in [0.717, 1.165) is 5.56 Å². The maximum absolute atomic E-state index is 14.1. The van der Waals surface area contributed by atoms with Crippen LogP contribution in [0.2, 0.25) is 5.02 Å². The van der Waals surface area contributed by atoms with Gasteiger partial charge < -0.3 is 9.88 Å². The number of aryl methyl sites for hydroxylation is 1. The van der Waals surface area contributed by atoms with Crippen LogP contribution in [0.25, 0.3) is 10.9 Å². The van der Waals surface area contributed by atoms with Crippen molar-refractivity contribution >= 4 is 51.0 Å². The van der Waals surface area contributed by atoms with E-state index < -0.39 is 17.2 Å². The van der Waals surface area contributed by atoms with Gasteiger partial charge in [-0.25, -0.2) is 4.39 Å². The van der Waals surface area contributed by atoms with Gasteiger partial charge in [0.2, 0.25) is 5.43 Å². The summed E-state index contributed by atoms with van der Waals surface area (Å²) in [5.41, 5.74) is 0.528. The fourth-order valence-electron chi connectivity index (χ4n) is 2.60. The summed E-state index contributed by atoms with van der Waals surface area (Å²) in [5, 5.41) is 3.50. The van der Waals surface area contributed by atoms with Crippen molar-refractivity contribution in [3.05, 3.63) is 78.4 Å². The molecule has 3 rings (SSSR count). The Labute approximate surface area is 161 Å². The summed E-state index contributed by atoms with van der Waals surface area (Å²) in [5.74, 6) is -0.994. The Kier molecular flexibility index (Phi) is 5.10. The minimum Gasteiger partial charge on any atom is -0.348 e. The van der Waals surface area contributed by atoms with E-state index in [2.05, 4.69) is 5.32 Å². The number of fused-ring (bicyclic) bond motifs is 1. The predicted octanol–water partition coefficient (Wildman–Crippen LogP) is 3.87. The van der Waals surface area contributed by atoms with Gasteiger partial charge in [-0.15, -0.1) is 0 Å². The van der Waals surface area contributed by atoms with Crippen molar-refractivity contribution < 1.29 is 9.18 Å². The fourth-order valence-corrected chi connectivity index (χ4v) is 3.31. The van der Waals surface area contributed by atoms with Crippen molar-refractivity contribution in [3.8, 4) is 0 Å².